The second kappa shape index (κ2) is 8.47. The van der Waals surface area contributed by atoms with Crippen LogP contribution in [0.4, 0.5) is 4.39 Å². The smallest absolute Gasteiger partial charge is 0.237 e. The number of hydrogen-bond donors (Lipinski definition) is 1. The first-order valence-electron chi connectivity index (χ1n) is 7.53. The van der Waals surface area contributed by atoms with Crippen LogP contribution in [0.5, 0.6) is 0 Å². The molecule has 0 bridgehead atoms. The molecule has 1 atom stereocenters. The molecule has 0 saturated heterocycles. The van der Waals surface area contributed by atoms with E-state index in [-0.39, 0.29) is 18.3 Å². The maximum Gasteiger partial charge on any atom is 0.237 e. The third-order valence-corrected chi connectivity index (χ3v) is 4.50. The Morgan fingerprint density at radius 1 is 1.21 bits per heavy atom. The summed E-state index contributed by atoms with van der Waals surface area (Å²) in [5.41, 5.74) is 1.35. The Bertz CT molecular complexity index is 686. The maximum absolute atomic E-state index is 13.9. The monoisotopic (exact) mass is 368 g/mol. The van der Waals surface area contributed by atoms with Crippen molar-refractivity contribution >= 4 is 29.1 Å². The molecule has 2 aromatic rings. The van der Waals surface area contributed by atoms with Crippen molar-refractivity contribution in [2.45, 2.75) is 26.1 Å². The highest BCUT2D eigenvalue weighted by Crippen LogP contribution is 2.21. The van der Waals surface area contributed by atoms with Crippen LogP contribution in [-0.4, -0.2) is 23.9 Å². The molecule has 0 spiro atoms. The molecule has 0 aliphatic carbocycles. The lowest BCUT2D eigenvalue weighted by molar-refractivity contribution is -0.125. The fraction of sp³-hybridized carbons (Fsp3) is 0.278. The van der Waals surface area contributed by atoms with Gasteiger partial charge >= 0.3 is 0 Å². The molecule has 2 aromatic carbocycles. The van der Waals surface area contributed by atoms with Crippen LogP contribution < -0.4 is 5.32 Å². The quantitative estimate of drug-likeness (QED) is 0.825. The van der Waals surface area contributed by atoms with Gasteiger partial charge in [-0.15, -0.1) is 0 Å². The Morgan fingerprint density at radius 3 is 2.50 bits per heavy atom. The van der Waals surface area contributed by atoms with Gasteiger partial charge in [-0.05, 0) is 43.8 Å². The van der Waals surface area contributed by atoms with E-state index < -0.39 is 6.04 Å². The van der Waals surface area contributed by atoms with E-state index >= 15 is 0 Å². The van der Waals surface area contributed by atoms with Gasteiger partial charge in [0.15, 0.2) is 0 Å². The van der Waals surface area contributed by atoms with Crippen molar-refractivity contribution in [2.75, 3.05) is 7.05 Å². The van der Waals surface area contributed by atoms with Gasteiger partial charge in [-0.1, -0.05) is 41.4 Å². The van der Waals surface area contributed by atoms with Gasteiger partial charge in [-0.2, -0.15) is 0 Å². The molecule has 2 rings (SSSR count). The molecule has 0 aliphatic rings. The van der Waals surface area contributed by atoms with E-state index in [9.17, 15) is 9.18 Å². The molecule has 1 amide bonds. The van der Waals surface area contributed by atoms with E-state index in [1.54, 1.807) is 43.1 Å². The van der Waals surface area contributed by atoms with E-state index in [0.717, 1.165) is 5.56 Å². The highest BCUT2D eigenvalue weighted by atomic mass is 35.5. The molecule has 0 heterocycles. The van der Waals surface area contributed by atoms with Crippen LogP contribution in [0.15, 0.2) is 42.5 Å². The molecule has 0 aromatic heterocycles. The molecule has 128 valence electrons. The number of nitrogens with one attached hydrogen (secondary N) is 1. The highest BCUT2D eigenvalue weighted by molar-refractivity contribution is 6.31. The number of hydrogen-bond acceptors (Lipinski definition) is 2. The fourth-order valence-electron chi connectivity index (χ4n) is 2.21. The van der Waals surface area contributed by atoms with Crippen LogP contribution in [0, 0.1) is 5.82 Å². The largest absolute Gasteiger partial charge is 0.351 e. The van der Waals surface area contributed by atoms with Crippen molar-refractivity contribution in [1.82, 2.24) is 10.2 Å². The molecule has 0 unspecified atom stereocenters. The zero-order valence-electron chi connectivity index (χ0n) is 13.5. The Hall–Kier alpha value is -1.62. The SMILES string of the molecule is C[C@@H](C(=O)NCc1ccc(Cl)cc1)N(C)Cc1c(F)cccc1Cl. The van der Waals surface area contributed by atoms with Crippen LogP contribution in [0.1, 0.15) is 18.1 Å². The molecule has 24 heavy (non-hydrogen) atoms. The number of amides is 1. The molecule has 0 radical (unpaired) electrons. The van der Waals surface area contributed by atoms with Crippen LogP contribution >= 0.6 is 23.2 Å². The van der Waals surface area contributed by atoms with Crippen LogP contribution in [0.2, 0.25) is 10.0 Å². The summed E-state index contributed by atoms with van der Waals surface area (Å²) in [5.74, 6) is -0.511. The minimum atomic E-state index is -0.423. The van der Waals surface area contributed by atoms with E-state index in [1.165, 1.54) is 6.07 Å². The highest BCUT2D eigenvalue weighted by Gasteiger charge is 2.20. The molecule has 0 fully saturated rings. The average Bonchev–Trinajstić information content (AvgIpc) is 2.56. The third-order valence-electron chi connectivity index (χ3n) is 3.89. The van der Waals surface area contributed by atoms with Gasteiger partial charge in [-0.25, -0.2) is 4.39 Å². The summed E-state index contributed by atoms with van der Waals surface area (Å²) in [5, 5.41) is 3.87. The van der Waals surface area contributed by atoms with Crippen LogP contribution in [0.25, 0.3) is 0 Å². The zero-order valence-corrected chi connectivity index (χ0v) is 15.0. The summed E-state index contributed by atoms with van der Waals surface area (Å²) in [6, 6.07) is 11.4. The summed E-state index contributed by atoms with van der Waals surface area (Å²) in [4.78, 5) is 14.0. The lowest BCUT2D eigenvalue weighted by Gasteiger charge is -2.24. The predicted molar refractivity (Wildman–Crippen MR) is 95.6 cm³/mol. The average molecular weight is 369 g/mol. The Kier molecular flexibility index (Phi) is 6.60. The summed E-state index contributed by atoms with van der Waals surface area (Å²) >= 11 is 11.9. The van der Waals surface area contributed by atoms with Gasteiger partial charge in [0, 0.05) is 28.7 Å². The molecular weight excluding hydrogens is 350 g/mol. The lowest BCUT2D eigenvalue weighted by atomic mass is 10.1. The standard InChI is InChI=1S/C18H19Cl2FN2O/c1-12(18(24)22-10-13-6-8-14(19)9-7-13)23(2)11-15-16(20)4-3-5-17(15)21/h3-9,12H,10-11H2,1-2H3,(H,22,24)/t12-/m0/s1. The maximum atomic E-state index is 13.9. The fourth-order valence-corrected chi connectivity index (χ4v) is 2.56. The molecule has 3 nitrogen and oxygen atoms in total. The van der Waals surface area contributed by atoms with Crippen LogP contribution in [0.3, 0.4) is 0 Å². The Labute approximate surface area is 151 Å². The van der Waals surface area contributed by atoms with Gasteiger partial charge in [0.05, 0.1) is 6.04 Å². The Balaban J connectivity index is 1.93. The molecule has 0 aliphatic heterocycles. The van der Waals surface area contributed by atoms with E-state index in [0.29, 0.717) is 22.2 Å². The first kappa shape index (κ1) is 18.7. The number of carbonyl (C=O) groups is 1. The van der Waals surface area contributed by atoms with Crippen molar-refractivity contribution in [3.05, 3.63) is 69.5 Å². The number of halogens is 3. The van der Waals surface area contributed by atoms with Crippen molar-refractivity contribution in [3.63, 3.8) is 0 Å². The summed E-state index contributed by atoms with van der Waals surface area (Å²) in [7, 11) is 1.76. The van der Waals surface area contributed by atoms with E-state index in [1.807, 2.05) is 12.1 Å². The zero-order chi connectivity index (χ0) is 17.7. The predicted octanol–water partition coefficient (Wildman–Crippen LogP) is 4.27. The first-order valence-corrected chi connectivity index (χ1v) is 8.29. The van der Waals surface area contributed by atoms with Crippen LogP contribution in [-0.2, 0) is 17.9 Å². The molecule has 1 N–H and O–H groups in total. The summed E-state index contributed by atoms with van der Waals surface area (Å²) in [6.45, 7) is 2.43. The normalized spacial score (nSPS) is 12.2. The molecule has 6 heteroatoms. The van der Waals surface area contributed by atoms with Crippen molar-refractivity contribution in [2.24, 2.45) is 0 Å². The number of benzene rings is 2. The van der Waals surface area contributed by atoms with Gasteiger partial charge in [0.1, 0.15) is 5.82 Å². The molecular formula is C18H19Cl2FN2O. The molecule has 0 saturated carbocycles. The van der Waals surface area contributed by atoms with Gasteiger partial charge in [0.25, 0.3) is 0 Å². The summed E-state index contributed by atoms with van der Waals surface area (Å²) < 4.78 is 13.9. The van der Waals surface area contributed by atoms with E-state index in [2.05, 4.69) is 5.32 Å². The second-order valence-electron chi connectivity index (χ2n) is 5.64. The van der Waals surface area contributed by atoms with Gasteiger partial charge in [-0.3, -0.25) is 9.69 Å². The van der Waals surface area contributed by atoms with E-state index in [4.69, 9.17) is 23.2 Å². The Morgan fingerprint density at radius 2 is 1.88 bits per heavy atom. The third kappa shape index (κ3) is 4.94. The minimum absolute atomic E-state index is 0.139. The summed E-state index contributed by atoms with van der Waals surface area (Å²) in [6.07, 6.45) is 0. The van der Waals surface area contributed by atoms with Crippen molar-refractivity contribution < 1.29 is 9.18 Å². The number of nitrogens with zero attached hydrogens (tertiary/aromatic N) is 1. The van der Waals surface area contributed by atoms with Crippen molar-refractivity contribution in [1.29, 1.82) is 0 Å². The first-order chi connectivity index (χ1) is 11.4. The van der Waals surface area contributed by atoms with Gasteiger partial charge < -0.3 is 5.32 Å². The number of likely N-dealkylation sites (N-methyl/N-ethyl adjacent to an activating group) is 1. The number of rotatable bonds is 6. The van der Waals surface area contributed by atoms with Crippen molar-refractivity contribution in [3.8, 4) is 0 Å². The minimum Gasteiger partial charge on any atom is -0.351 e. The topological polar surface area (TPSA) is 32.3 Å². The second-order valence-corrected chi connectivity index (χ2v) is 6.48. The number of carbonyl (C=O) groups excluding carboxylic acids is 1. The van der Waals surface area contributed by atoms with Gasteiger partial charge in [0.2, 0.25) is 5.91 Å². The lowest BCUT2D eigenvalue weighted by Crippen LogP contribution is -2.42.